The van der Waals surface area contributed by atoms with Crippen LogP contribution in [0.1, 0.15) is 74.4 Å². The monoisotopic (exact) mass is 559 g/mol. The summed E-state index contributed by atoms with van der Waals surface area (Å²) in [5.74, 6) is -0.0489. The second kappa shape index (κ2) is 11.9. The number of aryl methyl sites for hydroxylation is 2. The van der Waals surface area contributed by atoms with Crippen LogP contribution >= 0.6 is 11.3 Å². The highest BCUT2D eigenvalue weighted by molar-refractivity contribution is 7.16. The number of hydrogen-bond acceptors (Lipinski definition) is 3. The van der Waals surface area contributed by atoms with Crippen LogP contribution in [0.5, 0.6) is 0 Å². The van der Waals surface area contributed by atoms with Gasteiger partial charge in [0, 0.05) is 45.5 Å². The van der Waals surface area contributed by atoms with Gasteiger partial charge in [0.2, 0.25) is 0 Å². The summed E-state index contributed by atoms with van der Waals surface area (Å²) in [6, 6.07) is 25.2. The van der Waals surface area contributed by atoms with Gasteiger partial charge in [-0.3, -0.25) is 4.79 Å². The van der Waals surface area contributed by atoms with Crippen LogP contribution in [0.3, 0.4) is 0 Å². The summed E-state index contributed by atoms with van der Waals surface area (Å²) in [6.45, 7) is 7.12. The Morgan fingerprint density at radius 2 is 1.66 bits per heavy atom. The molecule has 0 atom stereocenters. The number of nitrogens with zero attached hydrogens (tertiary/aromatic N) is 2. The normalized spacial score (nSPS) is 13.7. The quantitative estimate of drug-likeness (QED) is 0.207. The lowest BCUT2D eigenvalue weighted by Crippen LogP contribution is -2.15. The number of anilines is 1. The number of carbonyl (C=O) groups excluding carboxylic acids is 1. The highest BCUT2D eigenvalue weighted by atomic mass is 32.1. The molecule has 0 unspecified atom stereocenters. The van der Waals surface area contributed by atoms with E-state index in [2.05, 4.69) is 91.3 Å². The number of carbonyl (C=O) groups is 1. The SMILES string of the molecule is Cc1cccc(NC(=O)c2c(N=Cc3c(C)n(Cc4ccccc4)c4ccccc34)sc3c2CCCCCC3)c1C. The molecule has 1 N–H and O–H groups in total. The van der Waals surface area contributed by atoms with E-state index in [0.29, 0.717) is 0 Å². The Morgan fingerprint density at radius 1 is 0.902 bits per heavy atom. The molecule has 0 spiro atoms. The van der Waals surface area contributed by atoms with Crippen molar-refractivity contribution in [1.82, 2.24) is 4.57 Å². The first-order valence-electron chi connectivity index (χ1n) is 14.7. The van der Waals surface area contributed by atoms with Gasteiger partial charge in [-0.05, 0) is 80.8 Å². The molecule has 1 aliphatic carbocycles. The zero-order valence-electron chi connectivity index (χ0n) is 24.2. The van der Waals surface area contributed by atoms with Gasteiger partial charge < -0.3 is 9.88 Å². The largest absolute Gasteiger partial charge is 0.340 e. The van der Waals surface area contributed by atoms with Crippen LogP contribution in [0.2, 0.25) is 0 Å². The molecule has 0 aliphatic heterocycles. The average molecular weight is 560 g/mol. The van der Waals surface area contributed by atoms with Gasteiger partial charge in [-0.1, -0.05) is 73.5 Å². The molecule has 6 rings (SSSR count). The molecule has 0 saturated carbocycles. The van der Waals surface area contributed by atoms with Crippen LogP contribution in [0.4, 0.5) is 10.7 Å². The zero-order valence-corrected chi connectivity index (χ0v) is 25.0. The second-order valence-corrected chi connectivity index (χ2v) is 12.2. The molecule has 1 aliphatic rings. The molecule has 2 heterocycles. The maximum atomic E-state index is 13.9. The molecule has 4 nitrogen and oxygen atoms in total. The number of fused-ring (bicyclic) bond motifs is 2. The molecule has 0 fully saturated rings. The van der Waals surface area contributed by atoms with Crippen molar-refractivity contribution in [3.05, 3.63) is 117 Å². The Kier molecular flexibility index (Phi) is 7.89. The third-order valence-corrected chi connectivity index (χ3v) is 9.71. The van der Waals surface area contributed by atoms with Crippen molar-refractivity contribution >= 4 is 45.0 Å². The van der Waals surface area contributed by atoms with Gasteiger partial charge in [0.1, 0.15) is 5.00 Å². The van der Waals surface area contributed by atoms with E-state index in [0.717, 1.165) is 53.2 Å². The highest BCUT2D eigenvalue weighted by Gasteiger charge is 2.25. The lowest BCUT2D eigenvalue weighted by molar-refractivity contribution is 0.102. The molecule has 5 heteroatoms. The zero-order chi connectivity index (χ0) is 28.3. The fourth-order valence-electron chi connectivity index (χ4n) is 6.02. The molecule has 0 radical (unpaired) electrons. The predicted molar refractivity (Wildman–Crippen MR) is 174 cm³/mol. The first-order chi connectivity index (χ1) is 20.0. The fraction of sp³-hybridized carbons (Fsp3) is 0.278. The van der Waals surface area contributed by atoms with E-state index in [9.17, 15) is 4.79 Å². The Morgan fingerprint density at radius 3 is 2.49 bits per heavy atom. The Balaban J connectivity index is 1.42. The van der Waals surface area contributed by atoms with Gasteiger partial charge in [0.25, 0.3) is 5.91 Å². The van der Waals surface area contributed by atoms with Gasteiger partial charge in [-0.2, -0.15) is 0 Å². The Labute approximate surface area is 246 Å². The van der Waals surface area contributed by atoms with Crippen molar-refractivity contribution in [2.24, 2.45) is 4.99 Å². The number of benzene rings is 3. The van der Waals surface area contributed by atoms with E-state index in [1.165, 1.54) is 57.4 Å². The van der Waals surface area contributed by atoms with E-state index in [4.69, 9.17) is 4.99 Å². The maximum Gasteiger partial charge on any atom is 0.259 e. The molecular weight excluding hydrogens is 522 g/mol. The summed E-state index contributed by atoms with van der Waals surface area (Å²) < 4.78 is 2.37. The van der Waals surface area contributed by atoms with Crippen LogP contribution in [-0.2, 0) is 19.4 Å². The number of aliphatic imine (C=N–C) groups is 1. The Hall–Kier alpha value is -3.96. The highest BCUT2D eigenvalue weighted by Crippen LogP contribution is 2.40. The maximum absolute atomic E-state index is 13.9. The smallest absolute Gasteiger partial charge is 0.259 e. The van der Waals surface area contributed by atoms with E-state index < -0.39 is 0 Å². The molecule has 1 amide bonds. The minimum atomic E-state index is -0.0489. The number of nitrogens with one attached hydrogen (secondary N) is 1. The number of amides is 1. The third-order valence-electron chi connectivity index (χ3n) is 8.51. The van der Waals surface area contributed by atoms with Crippen LogP contribution in [0.15, 0.2) is 77.8 Å². The van der Waals surface area contributed by atoms with Crippen LogP contribution < -0.4 is 5.32 Å². The Bertz CT molecular complexity index is 1740. The number of para-hydroxylation sites is 1. The molecular formula is C36H37N3OS. The first kappa shape index (κ1) is 27.2. The van der Waals surface area contributed by atoms with Gasteiger partial charge in [0.15, 0.2) is 0 Å². The van der Waals surface area contributed by atoms with Crippen molar-refractivity contribution in [2.45, 2.75) is 65.8 Å². The van der Waals surface area contributed by atoms with Crippen molar-refractivity contribution in [3.8, 4) is 0 Å². The molecule has 2 aromatic heterocycles. The van der Waals surface area contributed by atoms with Crippen LogP contribution in [0, 0.1) is 20.8 Å². The second-order valence-electron chi connectivity index (χ2n) is 11.1. The first-order valence-corrected chi connectivity index (χ1v) is 15.5. The summed E-state index contributed by atoms with van der Waals surface area (Å²) in [5, 5.41) is 5.24. The van der Waals surface area contributed by atoms with Gasteiger partial charge in [0.05, 0.1) is 5.56 Å². The van der Waals surface area contributed by atoms with Gasteiger partial charge >= 0.3 is 0 Å². The summed E-state index contributed by atoms with van der Waals surface area (Å²) in [6.07, 6.45) is 8.70. The predicted octanol–water partition coefficient (Wildman–Crippen LogP) is 9.34. The lowest BCUT2D eigenvalue weighted by atomic mass is 9.96. The minimum absolute atomic E-state index is 0.0489. The minimum Gasteiger partial charge on any atom is -0.340 e. The number of rotatable bonds is 6. The van der Waals surface area contributed by atoms with Crippen molar-refractivity contribution in [2.75, 3.05) is 5.32 Å². The molecule has 0 saturated heterocycles. The standard InChI is InChI=1S/C36H37N3OS/c1-24-14-13-19-31(25(24)2)38-35(40)34-29-18-9-4-5-10-21-33(29)41-36(34)37-22-30-26(3)39(23-27-15-7-6-8-16-27)32-20-12-11-17-28(30)32/h6-8,11-17,19-20,22H,4-5,9-10,18,21,23H2,1-3H3,(H,38,40). The summed E-state index contributed by atoms with van der Waals surface area (Å²) in [7, 11) is 0. The summed E-state index contributed by atoms with van der Waals surface area (Å²) in [5.41, 5.74) is 9.85. The summed E-state index contributed by atoms with van der Waals surface area (Å²) >= 11 is 1.71. The number of aromatic nitrogens is 1. The average Bonchev–Trinajstić information content (AvgIpc) is 3.44. The fourth-order valence-corrected chi connectivity index (χ4v) is 7.25. The summed E-state index contributed by atoms with van der Waals surface area (Å²) in [4.78, 5) is 20.4. The van der Waals surface area contributed by atoms with Crippen molar-refractivity contribution in [1.29, 1.82) is 0 Å². The van der Waals surface area contributed by atoms with Gasteiger partial charge in [-0.25, -0.2) is 4.99 Å². The molecule has 3 aromatic carbocycles. The van der Waals surface area contributed by atoms with Crippen molar-refractivity contribution < 1.29 is 4.79 Å². The topological polar surface area (TPSA) is 46.4 Å². The van der Waals surface area contributed by atoms with Crippen molar-refractivity contribution in [3.63, 3.8) is 0 Å². The number of hydrogen-bond donors (Lipinski definition) is 1. The molecule has 5 aromatic rings. The van der Waals surface area contributed by atoms with E-state index in [1.54, 1.807) is 11.3 Å². The van der Waals surface area contributed by atoms with E-state index in [1.807, 2.05) is 18.3 Å². The van der Waals surface area contributed by atoms with Gasteiger partial charge in [-0.15, -0.1) is 11.3 Å². The van der Waals surface area contributed by atoms with E-state index >= 15 is 0 Å². The third kappa shape index (κ3) is 5.51. The molecule has 0 bridgehead atoms. The molecule has 41 heavy (non-hydrogen) atoms. The van der Waals surface area contributed by atoms with Crippen LogP contribution in [-0.4, -0.2) is 16.7 Å². The van der Waals surface area contributed by atoms with Crippen LogP contribution in [0.25, 0.3) is 10.9 Å². The van der Waals surface area contributed by atoms with E-state index in [-0.39, 0.29) is 5.91 Å². The molecule has 208 valence electrons. The number of thiophene rings is 1. The lowest BCUT2D eigenvalue weighted by Gasteiger charge is -2.13.